The van der Waals surface area contributed by atoms with Crippen LogP contribution in [0.2, 0.25) is 0 Å². The number of carbonyl (C=O) groups is 2. The molecule has 1 fully saturated rings. The number of rotatable bonds is 4. The van der Waals surface area contributed by atoms with E-state index in [0.29, 0.717) is 28.7 Å². The molecule has 0 spiro atoms. The van der Waals surface area contributed by atoms with E-state index in [1.807, 2.05) is 12.1 Å². The summed E-state index contributed by atoms with van der Waals surface area (Å²) in [5.41, 5.74) is 0.803. The molecule has 1 heterocycles. The maximum atomic E-state index is 11.0. The third-order valence-corrected chi connectivity index (χ3v) is 3.10. The molecule has 1 aliphatic rings. The van der Waals surface area contributed by atoms with Crippen molar-refractivity contribution in [2.75, 3.05) is 6.61 Å². The highest BCUT2D eigenvalue weighted by Gasteiger charge is 2.13. The van der Waals surface area contributed by atoms with E-state index in [1.54, 1.807) is 62.4 Å². The number of hydrogen-bond donors (Lipinski definition) is 0. The fraction of sp³-hybridized carbons (Fsp3) is 0.217. The van der Waals surface area contributed by atoms with Crippen LogP contribution in [-0.4, -0.2) is 24.6 Å². The van der Waals surface area contributed by atoms with Crippen LogP contribution in [0.4, 0.5) is 0 Å². The molecule has 0 aliphatic carbocycles. The van der Waals surface area contributed by atoms with E-state index in [-0.39, 0.29) is 11.9 Å². The summed E-state index contributed by atoms with van der Waals surface area (Å²) in [6.07, 6.45) is 0.583. The van der Waals surface area contributed by atoms with Crippen molar-refractivity contribution in [2.24, 2.45) is 0 Å². The van der Waals surface area contributed by atoms with Gasteiger partial charge in [0.15, 0.2) is 0 Å². The fourth-order valence-corrected chi connectivity index (χ4v) is 1.46. The first-order valence-electron chi connectivity index (χ1n) is 8.76. The number of ether oxygens (including phenoxy) is 3. The number of esters is 2. The van der Waals surface area contributed by atoms with Gasteiger partial charge in [-0.3, -0.25) is 0 Å². The average molecular weight is 382 g/mol. The zero-order valence-electron chi connectivity index (χ0n) is 16.5. The monoisotopic (exact) mass is 382 g/mol. The van der Waals surface area contributed by atoms with Crippen LogP contribution >= 0.6 is 0 Å². The van der Waals surface area contributed by atoms with Gasteiger partial charge in [0.2, 0.25) is 0 Å². The van der Waals surface area contributed by atoms with Crippen LogP contribution in [0.3, 0.4) is 0 Å². The predicted molar refractivity (Wildman–Crippen MR) is 109 cm³/mol. The number of epoxide rings is 1. The predicted octanol–water partition coefficient (Wildman–Crippen LogP) is 4.74. The van der Waals surface area contributed by atoms with Crippen molar-refractivity contribution in [3.63, 3.8) is 0 Å². The second-order valence-electron chi connectivity index (χ2n) is 6.11. The number of carbonyl (C=O) groups excluding carboxylic acids is 2. The second kappa shape index (κ2) is 12.3. The highest BCUT2D eigenvalue weighted by atomic mass is 16.6. The third-order valence-electron chi connectivity index (χ3n) is 3.10. The zero-order valence-corrected chi connectivity index (χ0v) is 16.5. The largest absolute Gasteiger partial charge is 0.423 e. The molecule has 0 radical (unpaired) electrons. The number of hydrogen-bond acceptors (Lipinski definition) is 5. The van der Waals surface area contributed by atoms with Gasteiger partial charge in [-0.25, -0.2) is 9.59 Å². The standard InChI is InChI=1S/2C10H10O2.C3H6O/c2*1-8(2)10(11)12-9-6-4-3-5-7-9;1-3-2-4-3/h2*3-7H,1H2,2H3;3H,2H2,1H3. The Morgan fingerprint density at radius 1 is 0.821 bits per heavy atom. The first-order valence-corrected chi connectivity index (χ1v) is 8.76. The summed E-state index contributed by atoms with van der Waals surface area (Å²) in [4.78, 5) is 22.0. The summed E-state index contributed by atoms with van der Waals surface area (Å²) in [5.74, 6) is 0.318. The minimum Gasteiger partial charge on any atom is -0.423 e. The average Bonchev–Trinajstić information content (AvgIpc) is 3.46. The highest BCUT2D eigenvalue weighted by Crippen LogP contribution is 2.10. The molecule has 1 atom stereocenters. The van der Waals surface area contributed by atoms with Gasteiger partial charge in [-0.2, -0.15) is 0 Å². The van der Waals surface area contributed by atoms with Crippen LogP contribution in [0.25, 0.3) is 0 Å². The lowest BCUT2D eigenvalue weighted by Gasteiger charge is -2.01. The van der Waals surface area contributed by atoms with Gasteiger partial charge in [-0.05, 0) is 45.0 Å². The number of benzene rings is 2. The molecule has 0 saturated carbocycles. The molecular formula is C23H26O5. The van der Waals surface area contributed by atoms with Crippen LogP contribution in [0, 0.1) is 0 Å². The summed E-state index contributed by atoms with van der Waals surface area (Å²) in [6.45, 7) is 13.2. The van der Waals surface area contributed by atoms with Crippen molar-refractivity contribution < 1.29 is 23.8 Å². The minimum atomic E-state index is -0.388. The Morgan fingerprint density at radius 2 is 1.11 bits per heavy atom. The van der Waals surface area contributed by atoms with Crippen LogP contribution in [0.1, 0.15) is 20.8 Å². The summed E-state index contributed by atoms with van der Waals surface area (Å²) >= 11 is 0. The van der Waals surface area contributed by atoms with Gasteiger partial charge in [0, 0.05) is 11.1 Å². The third kappa shape index (κ3) is 10.7. The Hall–Kier alpha value is -3.18. The van der Waals surface area contributed by atoms with Crippen molar-refractivity contribution in [1.29, 1.82) is 0 Å². The van der Waals surface area contributed by atoms with Gasteiger partial charge < -0.3 is 14.2 Å². The molecule has 2 aromatic carbocycles. The number of para-hydroxylation sites is 2. The van der Waals surface area contributed by atoms with Crippen molar-refractivity contribution in [3.8, 4) is 11.5 Å². The molecule has 0 N–H and O–H groups in total. The minimum absolute atomic E-state index is 0.388. The molecule has 5 nitrogen and oxygen atoms in total. The van der Waals surface area contributed by atoms with Gasteiger partial charge in [0.05, 0.1) is 12.7 Å². The van der Waals surface area contributed by atoms with E-state index in [2.05, 4.69) is 20.1 Å². The van der Waals surface area contributed by atoms with Crippen molar-refractivity contribution >= 4 is 11.9 Å². The molecule has 0 amide bonds. The lowest BCUT2D eigenvalue weighted by Crippen LogP contribution is -2.07. The van der Waals surface area contributed by atoms with E-state index < -0.39 is 0 Å². The molecule has 0 bridgehead atoms. The van der Waals surface area contributed by atoms with Gasteiger partial charge >= 0.3 is 11.9 Å². The van der Waals surface area contributed by atoms with Gasteiger partial charge in [-0.1, -0.05) is 49.6 Å². The first kappa shape index (κ1) is 22.9. The Bertz CT molecular complexity index is 714. The summed E-state index contributed by atoms with van der Waals surface area (Å²) in [5, 5.41) is 0. The Balaban J connectivity index is 0.000000233. The van der Waals surface area contributed by atoms with Crippen LogP contribution in [-0.2, 0) is 14.3 Å². The van der Waals surface area contributed by atoms with E-state index in [9.17, 15) is 9.59 Å². The van der Waals surface area contributed by atoms with E-state index >= 15 is 0 Å². The lowest BCUT2D eigenvalue weighted by atomic mass is 10.3. The maximum absolute atomic E-state index is 11.0. The van der Waals surface area contributed by atoms with Crippen LogP contribution in [0.15, 0.2) is 85.0 Å². The molecule has 5 heteroatoms. The molecule has 0 aromatic heterocycles. The van der Waals surface area contributed by atoms with Gasteiger partial charge in [0.1, 0.15) is 11.5 Å². The molecule has 28 heavy (non-hydrogen) atoms. The van der Waals surface area contributed by atoms with Crippen LogP contribution in [0.5, 0.6) is 11.5 Å². The smallest absolute Gasteiger partial charge is 0.338 e. The summed E-state index contributed by atoms with van der Waals surface area (Å²) in [7, 11) is 0. The van der Waals surface area contributed by atoms with Crippen molar-refractivity contribution in [3.05, 3.63) is 85.0 Å². The fourth-order valence-electron chi connectivity index (χ4n) is 1.46. The molecule has 1 unspecified atom stereocenters. The topological polar surface area (TPSA) is 65.1 Å². The summed E-state index contributed by atoms with van der Waals surface area (Å²) in [6, 6.07) is 17.8. The van der Waals surface area contributed by atoms with Gasteiger partial charge in [0.25, 0.3) is 0 Å². The normalized spacial score (nSPS) is 13.5. The Labute approximate surface area is 166 Å². The molecule has 1 aliphatic heterocycles. The van der Waals surface area contributed by atoms with E-state index in [1.165, 1.54) is 0 Å². The molecule has 1 saturated heterocycles. The van der Waals surface area contributed by atoms with E-state index in [4.69, 9.17) is 14.2 Å². The Morgan fingerprint density at radius 3 is 1.32 bits per heavy atom. The maximum Gasteiger partial charge on any atom is 0.338 e. The molecule has 148 valence electrons. The SMILES string of the molecule is C=C(C)C(=O)Oc1ccccc1.C=C(C)C(=O)Oc1ccccc1.CC1CO1. The lowest BCUT2D eigenvalue weighted by molar-refractivity contribution is -0.130. The Kier molecular flexibility index (Phi) is 10.0. The highest BCUT2D eigenvalue weighted by molar-refractivity contribution is 5.89. The zero-order chi connectivity index (χ0) is 20.9. The molecule has 3 rings (SSSR count). The van der Waals surface area contributed by atoms with Crippen molar-refractivity contribution in [2.45, 2.75) is 26.9 Å². The quantitative estimate of drug-likeness (QED) is 0.331. The van der Waals surface area contributed by atoms with Crippen LogP contribution < -0.4 is 9.47 Å². The second-order valence-corrected chi connectivity index (χ2v) is 6.11. The summed E-state index contributed by atoms with van der Waals surface area (Å²) < 4.78 is 14.6. The van der Waals surface area contributed by atoms with Crippen molar-refractivity contribution in [1.82, 2.24) is 0 Å². The first-order chi connectivity index (χ1) is 13.3. The molecule has 2 aromatic rings. The molecular weight excluding hydrogens is 356 g/mol. The van der Waals surface area contributed by atoms with Gasteiger partial charge in [-0.15, -0.1) is 0 Å². The van der Waals surface area contributed by atoms with E-state index in [0.717, 1.165) is 6.61 Å².